The quantitative estimate of drug-likeness (QED) is 0.805. The maximum atomic E-state index is 5.74. The van der Waals surface area contributed by atoms with Gasteiger partial charge in [-0.2, -0.15) is 10.1 Å². The maximum Gasteiger partial charge on any atom is 0.224 e. The molecule has 0 amide bonds. The number of nitrogens with one attached hydrogen (secondary N) is 1. The Morgan fingerprint density at radius 3 is 2.86 bits per heavy atom. The Labute approximate surface area is 124 Å². The molecule has 0 unspecified atom stereocenters. The number of hydrogen-bond acceptors (Lipinski definition) is 6. The zero-order chi connectivity index (χ0) is 15.1. The molecule has 0 aliphatic heterocycles. The zero-order valence-corrected chi connectivity index (χ0v) is 12.7. The van der Waals surface area contributed by atoms with Gasteiger partial charge in [-0.1, -0.05) is 6.92 Å². The lowest BCUT2D eigenvalue weighted by Crippen LogP contribution is -2.04. The third-order valence-corrected chi connectivity index (χ3v) is 2.73. The third kappa shape index (κ3) is 4.42. The van der Waals surface area contributed by atoms with Crippen LogP contribution in [-0.2, 0) is 17.9 Å². The SMILES string of the molecule is CCCn1cc(Oc2cc(NC)nc(COCC)n2)cn1. The first-order chi connectivity index (χ1) is 10.2. The molecule has 0 bridgehead atoms. The van der Waals surface area contributed by atoms with E-state index in [4.69, 9.17) is 9.47 Å². The molecule has 7 nitrogen and oxygen atoms in total. The Bertz CT molecular complexity index is 570. The summed E-state index contributed by atoms with van der Waals surface area (Å²) >= 11 is 0. The van der Waals surface area contributed by atoms with E-state index in [2.05, 4.69) is 27.3 Å². The highest BCUT2D eigenvalue weighted by Gasteiger charge is 2.07. The molecule has 0 spiro atoms. The summed E-state index contributed by atoms with van der Waals surface area (Å²) in [6.07, 6.45) is 4.56. The number of aryl methyl sites for hydroxylation is 1. The smallest absolute Gasteiger partial charge is 0.224 e. The van der Waals surface area contributed by atoms with Crippen LogP contribution in [0.15, 0.2) is 18.5 Å². The lowest BCUT2D eigenvalue weighted by molar-refractivity contribution is 0.128. The van der Waals surface area contributed by atoms with Gasteiger partial charge in [0.05, 0.1) is 12.4 Å². The molecule has 1 N–H and O–H groups in total. The molecule has 2 heterocycles. The van der Waals surface area contributed by atoms with Crippen molar-refractivity contribution in [1.29, 1.82) is 0 Å². The summed E-state index contributed by atoms with van der Waals surface area (Å²) in [6.45, 7) is 5.88. The van der Waals surface area contributed by atoms with Gasteiger partial charge in [0.25, 0.3) is 0 Å². The van der Waals surface area contributed by atoms with E-state index in [0.29, 0.717) is 36.5 Å². The number of hydrogen-bond donors (Lipinski definition) is 1. The molecule has 0 aliphatic carbocycles. The van der Waals surface area contributed by atoms with Crippen molar-refractivity contribution in [2.45, 2.75) is 33.4 Å². The molecule has 114 valence electrons. The number of anilines is 1. The van der Waals surface area contributed by atoms with Gasteiger partial charge in [-0.3, -0.25) is 4.68 Å². The van der Waals surface area contributed by atoms with E-state index in [1.54, 1.807) is 19.3 Å². The fraction of sp³-hybridized carbons (Fsp3) is 0.500. The van der Waals surface area contributed by atoms with Crippen molar-refractivity contribution in [3.05, 3.63) is 24.3 Å². The minimum atomic E-state index is 0.359. The van der Waals surface area contributed by atoms with Crippen LogP contribution in [0, 0.1) is 0 Å². The lowest BCUT2D eigenvalue weighted by Gasteiger charge is -2.07. The highest BCUT2D eigenvalue weighted by molar-refractivity contribution is 5.38. The maximum absolute atomic E-state index is 5.74. The van der Waals surface area contributed by atoms with Gasteiger partial charge in [0.2, 0.25) is 5.88 Å². The van der Waals surface area contributed by atoms with Crippen LogP contribution in [0.5, 0.6) is 11.6 Å². The van der Waals surface area contributed by atoms with E-state index in [9.17, 15) is 0 Å². The summed E-state index contributed by atoms with van der Waals surface area (Å²) in [7, 11) is 1.80. The molecule has 0 saturated carbocycles. The summed E-state index contributed by atoms with van der Waals surface area (Å²) in [5, 5.41) is 7.21. The highest BCUT2D eigenvalue weighted by atomic mass is 16.5. The summed E-state index contributed by atoms with van der Waals surface area (Å²) in [4.78, 5) is 8.65. The Morgan fingerprint density at radius 1 is 1.29 bits per heavy atom. The van der Waals surface area contributed by atoms with Crippen LogP contribution >= 0.6 is 0 Å². The topological polar surface area (TPSA) is 74.1 Å². The van der Waals surface area contributed by atoms with Crippen LogP contribution < -0.4 is 10.1 Å². The minimum Gasteiger partial charge on any atom is -0.436 e. The fourth-order valence-electron chi connectivity index (χ4n) is 1.78. The van der Waals surface area contributed by atoms with E-state index in [0.717, 1.165) is 13.0 Å². The highest BCUT2D eigenvalue weighted by Crippen LogP contribution is 2.21. The van der Waals surface area contributed by atoms with Crippen molar-refractivity contribution in [3.8, 4) is 11.6 Å². The molecule has 2 rings (SSSR count). The third-order valence-electron chi connectivity index (χ3n) is 2.73. The Balaban J connectivity index is 2.13. The second-order valence-electron chi connectivity index (χ2n) is 4.44. The molecule has 0 radical (unpaired) electrons. The number of aromatic nitrogens is 4. The van der Waals surface area contributed by atoms with Crippen LogP contribution in [0.4, 0.5) is 5.82 Å². The number of ether oxygens (including phenoxy) is 2. The molecular weight excluding hydrogens is 270 g/mol. The Morgan fingerprint density at radius 2 is 2.14 bits per heavy atom. The van der Waals surface area contributed by atoms with Crippen molar-refractivity contribution in [1.82, 2.24) is 19.7 Å². The van der Waals surface area contributed by atoms with Crippen LogP contribution in [0.2, 0.25) is 0 Å². The second kappa shape index (κ2) is 7.58. The van der Waals surface area contributed by atoms with Crippen LogP contribution in [-0.4, -0.2) is 33.4 Å². The van der Waals surface area contributed by atoms with Crippen molar-refractivity contribution in [2.75, 3.05) is 19.0 Å². The van der Waals surface area contributed by atoms with Gasteiger partial charge >= 0.3 is 0 Å². The molecule has 0 aromatic carbocycles. The second-order valence-corrected chi connectivity index (χ2v) is 4.44. The average Bonchev–Trinajstić information content (AvgIpc) is 2.92. The molecule has 2 aromatic heterocycles. The van der Waals surface area contributed by atoms with E-state index in [1.165, 1.54) is 0 Å². The Hall–Kier alpha value is -2.15. The molecule has 0 atom stereocenters. The zero-order valence-electron chi connectivity index (χ0n) is 12.7. The predicted octanol–water partition coefficient (Wildman–Crippen LogP) is 2.45. The van der Waals surface area contributed by atoms with Crippen molar-refractivity contribution in [3.63, 3.8) is 0 Å². The monoisotopic (exact) mass is 291 g/mol. The van der Waals surface area contributed by atoms with Gasteiger partial charge in [0.1, 0.15) is 12.4 Å². The number of rotatable bonds is 8. The first-order valence-electron chi connectivity index (χ1n) is 7.09. The standard InChI is InChI=1S/C14H21N5O2/c1-4-6-19-9-11(8-16-19)21-14-7-12(15-3)17-13(18-14)10-20-5-2/h7-9H,4-6,10H2,1-3H3,(H,15,17,18). The van der Waals surface area contributed by atoms with Gasteiger partial charge in [-0.15, -0.1) is 0 Å². The number of nitrogens with zero attached hydrogens (tertiary/aromatic N) is 4. The van der Waals surface area contributed by atoms with Crippen molar-refractivity contribution >= 4 is 5.82 Å². The van der Waals surface area contributed by atoms with E-state index in [-0.39, 0.29) is 0 Å². The first kappa shape index (κ1) is 15.2. The van der Waals surface area contributed by atoms with Crippen LogP contribution in [0.3, 0.4) is 0 Å². The molecule has 0 aliphatic rings. The fourth-order valence-corrected chi connectivity index (χ4v) is 1.78. The summed E-state index contributed by atoms with van der Waals surface area (Å²) in [6, 6.07) is 1.74. The van der Waals surface area contributed by atoms with Gasteiger partial charge in [0, 0.05) is 26.3 Å². The van der Waals surface area contributed by atoms with Gasteiger partial charge in [0.15, 0.2) is 11.6 Å². The van der Waals surface area contributed by atoms with E-state index >= 15 is 0 Å². The van der Waals surface area contributed by atoms with E-state index < -0.39 is 0 Å². The molecular formula is C14H21N5O2. The van der Waals surface area contributed by atoms with Crippen LogP contribution in [0.1, 0.15) is 26.1 Å². The van der Waals surface area contributed by atoms with Gasteiger partial charge in [-0.05, 0) is 13.3 Å². The first-order valence-corrected chi connectivity index (χ1v) is 7.09. The van der Waals surface area contributed by atoms with E-state index in [1.807, 2.05) is 17.8 Å². The van der Waals surface area contributed by atoms with Crippen molar-refractivity contribution < 1.29 is 9.47 Å². The van der Waals surface area contributed by atoms with Gasteiger partial charge in [-0.25, -0.2) is 4.98 Å². The molecule has 21 heavy (non-hydrogen) atoms. The molecule has 0 fully saturated rings. The molecule has 0 saturated heterocycles. The Kier molecular flexibility index (Phi) is 5.51. The summed E-state index contributed by atoms with van der Waals surface area (Å²) < 4.78 is 12.9. The minimum absolute atomic E-state index is 0.359. The molecule has 2 aromatic rings. The summed E-state index contributed by atoms with van der Waals surface area (Å²) in [5.74, 6) is 2.40. The van der Waals surface area contributed by atoms with Crippen LogP contribution in [0.25, 0.3) is 0 Å². The van der Waals surface area contributed by atoms with Gasteiger partial charge < -0.3 is 14.8 Å². The summed E-state index contributed by atoms with van der Waals surface area (Å²) in [5.41, 5.74) is 0. The lowest BCUT2D eigenvalue weighted by atomic mass is 10.5. The normalized spacial score (nSPS) is 10.6. The molecule has 7 heteroatoms. The predicted molar refractivity (Wildman–Crippen MR) is 79.5 cm³/mol. The largest absolute Gasteiger partial charge is 0.436 e. The average molecular weight is 291 g/mol. The van der Waals surface area contributed by atoms with Crippen molar-refractivity contribution in [2.24, 2.45) is 0 Å².